The second kappa shape index (κ2) is 6.48. The summed E-state index contributed by atoms with van der Waals surface area (Å²) in [6.07, 6.45) is 4.72. The molecule has 28 heavy (non-hydrogen) atoms. The SMILES string of the molecule is O=C1C[C@@]2(CCN(C3CCN(c4ncc5ccc(F)cc5n4)CC3)C2)C(=O)N1. The van der Waals surface area contributed by atoms with Gasteiger partial charge in [0.2, 0.25) is 17.8 Å². The molecule has 5 rings (SSSR count). The Morgan fingerprint density at radius 2 is 2.00 bits per heavy atom. The number of nitrogens with zero attached hydrogens (tertiary/aromatic N) is 4. The molecule has 3 aliphatic heterocycles. The number of imide groups is 1. The van der Waals surface area contributed by atoms with Gasteiger partial charge in [0.15, 0.2) is 0 Å². The third-order valence-electron chi connectivity index (χ3n) is 6.41. The molecule has 1 atom stereocenters. The Morgan fingerprint density at radius 1 is 1.18 bits per heavy atom. The zero-order valence-electron chi connectivity index (χ0n) is 15.5. The molecule has 1 N–H and O–H groups in total. The lowest BCUT2D eigenvalue weighted by molar-refractivity contribution is -0.128. The van der Waals surface area contributed by atoms with Crippen LogP contribution in [-0.4, -0.2) is 58.9 Å². The molecule has 3 fully saturated rings. The van der Waals surface area contributed by atoms with Gasteiger partial charge in [0.1, 0.15) is 5.82 Å². The van der Waals surface area contributed by atoms with Crippen molar-refractivity contribution in [2.45, 2.75) is 31.7 Å². The Balaban J connectivity index is 1.25. The van der Waals surface area contributed by atoms with Gasteiger partial charge in [-0.05, 0) is 37.9 Å². The van der Waals surface area contributed by atoms with Crippen molar-refractivity contribution < 1.29 is 14.0 Å². The van der Waals surface area contributed by atoms with Gasteiger partial charge in [-0.25, -0.2) is 14.4 Å². The Bertz CT molecular complexity index is 959. The van der Waals surface area contributed by atoms with Crippen molar-refractivity contribution in [1.29, 1.82) is 0 Å². The van der Waals surface area contributed by atoms with Gasteiger partial charge >= 0.3 is 0 Å². The molecule has 4 heterocycles. The van der Waals surface area contributed by atoms with Crippen LogP contribution in [0.1, 0.15) is 25.7 Å². The number of aromatic nitrogens is 2. The number of halogens is 1. The largest absolute Gasteiger partial charge is 0.341 e. The van der Waals surface area contributed by atoms with E-state index in [1.807, 2.05) is 0 Å². The van der Waals surface area contributed by atoms with E-state index < -0.39 is 5.41 Å². The van der Waals surface area contributed by atoms with E-state index >= 15 is 0 Å². The average Bonchev–Trinajstić information content (AvgIpc) is 3.24. The number of amides is 2. The quantitative estimate of drug-likeness (QED) is 0.792. The number of likely N-dealkylation sites (tertiary alicyclic amines) is 1. The minimum atomic E-state index is -0.514. The molecule has 3 aliphatic rings. The van der Waals surface area contributed by atoms with E-state index in [1.165, 1.54) is 12.1 Å². The molecule has 8 heteroatoms. The third kappa shape index (κ3) is 2.92. The molecule has 0 unspecified atom stereocenters. The van der Waals surface area contributed by atoms with E-state index in [0.29, 0.717) is 30.5 Å². The molecule has 0 aliphatic carbocycles. The number of piperidine rings is 1. The Hall–Kier alpha value is -2.61. The van der Waals surface area contributed by atoms with Crippen LogP contribution in [-0.2, 0) is 9.59 Å². The number of carbonyl (C=O) groups excluding carboxylic acids is 2. The lowest BCUT2D eigenvalue weighted by Crippen LogP contribution is -2.45. The molecular weight excluding hydrogens is 361 g/mol. The van der Waals surface area contributed by atoms with Crippen LogP contribution in [0.15, 0.2) is 24.4 Å². The van der Waals surface area contributed by atoms with E-state index in [2.05, 4.69) is 25.1 Å². The maximum Gasteiger partial charge on any atom is 0.234 e. The lowest BCUT2D eigenvalue weighted by Gasteiger charge is -2.37. The summed E-state index contributed by atoms with van der Waals surface area (Å²) in [6.45, 7) is 3.17. The first kappa shape index (κ1) is 17.5. The number of rotatable bonds is 2. The van der Waals surface area contributed by atoms with Crippen molar-refractivity contribution in [1.82, 2.24) is 20.2 Å². The van der Waals surface area contributed by atoms with Gasteiger partial charge in [0, 0.05) is 49.7 Å². The molecule has 2 amide bonds. The predicted molar refractivity (Wildman–Crippen MR) is 101 cm³/mol. The van der Waals surface area contributed by atoms with E-state index in [-0.39, 0.29) is 17.6 Å². The molecule has 1 aromatic heterocycles. The molecule has 0 saturated carbocycles. The number of hydrogen-bond donors (Lipinski definition) is 1. The van der Waals surface area contributed by atoms with Gasteiger partial charge in [-0.15, -0.1) is 0 Å². The van der Waals surface area contributed by atoms with E-state index in [0.717, 1.165) is 44.3 Å². The van der Waals surface area contributed by atoms with Crippen molar-refractivity contribution in [3.05, 3.63) is 30.2 Å². The Labute approximate surface area is 161 Å². The summed E-state index contributed by atoms with van der Waals surface area (Å²) in [4.78, 5) is 37.3. The maximum absolute atomic E-state index is 13.5. The zero-order chi connectivity index (χ0) is 19.3. The molecule has 1 aromatic carbocycles. The van der Waals surface area contributed by atoms with Crippen LogP contribution in [0, 0.1) is 11.2 Å². The summed E-state index contributed by atoms with van der Waals surface area (Å²) in [5.41, 5.74) is 0.102. The Morgan fingerprint density at radius 3 is 2.75 bits per heavy atom. The molecule has 146 valence electrons. The molecule has 2 aromatic rings. The first-order valence-electron chi connectivity index (χ1n) is 9.78. The van der Waals surface area contributed by atoms with Gasteiger partial charge in [-0.3, -0.25) is 19.8 Å². The van der Waals surface area contributed by atoms with Gasteiger partial charge in [0.25, 0.3) is 0 Å². The fraction of sp³-hybridized carbons (Fsp3) is 0.500. The highest BCUT2D eigenvalue weighted by Crippen LogP contribution is 2.39. The number of nitrogens with one attached hydrogen (secondary N) is 1. The second-order valence-corrected chi connectivity index (χ2v) is 8.15. The lowest BCUT2D eigenvalue weighted by atomic mass is 9.85. The molecule has 0 bridgehead atoms. The number of hydrogen-bond acceptors (Lipinski definition) is 6. The van der Waals surface area contributed by atoms with Crippen molar-refractivity contribution >= 4 is 28.7 Å². The topological polar surface area (TPSA) is 78.4 Å². The molecule has 3 saturated heterocycles. The van der Waals surface area contributed by atoms with Crippen molar-refractivity contribution in [2.24, 2.45) is 5.41 Å². The van der Waals surface area contributed by atoms with Crippen LogP contribution in [0.5, 0.6) is 0 Å². The van der Waals surface area contributed by atoms with Crippen LogP contribution in [0.4, 0.5) is 10.3 Å². The van der Waals surface area contributed by atoms with Gasteiger partial charge < -0.3 is 4.90 Å². The highest BCUT2D eigenvalue weighted by Gasteiger charge is 2.51. The smallest absolute Gasteiger partial charge is 0.234 e. The minimum Gasteiger partial charge on any atom is -0.341 e. The molecule has 0 radical (unpaired) electrons. The summed E-state index contributed by atoms with van der Waals surface area (Å²) >= 11 is 0. The first-order chi connectivity index (χ1) is 13.5. The van der Waals surface area contributed by atoms with Crippen molar-refractivity contribution in [3.63, 3.8) is 0 Å². The van der Waals surface area contributed by atoms with Gasteiger partial charge in [-0.2, -0.15) is 0 Å². The highest BCUT2D eigenvalue weighted by molar-refractivity contribution is 6.06. The van der Waals surface area contributed by atoms with Crippen LogP contribution >= 0.6 is 0 Å². The Kier molecular flexibility index (Phi) is 4.04. The van der Waals surface area contributed by atoms with Gasteiger partial charge in [-0.1, -0.05) is 0 Å². The van der Waals surface area contributed by atoms with Crippen molar-refractivity contribution in [3.8, 4) is 0 Å². The highest BCUT2D eigenvalue weighted by atomic mass is 19.1. The monoisotopic (exact) mass is 383 g/mol. The van der Waals surface area contributed by atoms with Crippen LogP contribution in [0.25, 0.3) is 10.9 Å². The molecule has 1 spiro atoms. The summed E-state index contributed by atoms with van der Waals surface area (Å²) < 4.78 is 13.5. The van der Waals surface area contributed by atoms with E-state index in [9.17, 15) is 14.0 Å². The fourth-order valence-electron chi connectivity index (χ4n) is 4.81. The fourth-order valence-corrected chi connectivity index (χ4v) is 4.81. The first-order valence-corrected chi connectivity index (χ1v) is 9.78. The number of fused-ring (bicyclic) bond motifs is 1. The maximum atomic E-state index is 13.5. The number of carbonyl (C=O) groups is 2. The number of benzene rings is 1. The summed E-state index contributed by atoms with van der Waals surface area (Å²) in [5, 5.41) is 3.29. The van der Waals surface area contributed by atoms with Crippen molar-refractivity contribution in [2.75, 3.05) is 31.1 Å². The summed E-state index contributed by atoms with van der Waals surface area (Å²) in [7, 11) is 0. The zero-order valence-corrected chi connectivity index (χ0v) is 15.5. The second-order valence-electron chi connectivity index (χ2n) is 8.15. The van der Waals surface area contributed by atoms with E-state index in [4.69, 9.17) is 0 Å². The van der Waals surface area contributed by atoms with Gasteiger partial charge in [0.05, 0.1) is 10.9 Å². The molecular formula is C20H22FN5O2. The normalized spacial score (nSPS) is 26.5. The van der Waals surface area contributed by atoms with Crippen LogP contribution in [0.3, 0.4) is 0 Å². The average molecular weight is 383 g/mol. The number of anilines is 1. The third-order valence-corrected chi connectivity index (χ3v) is 6.41. The minimum absolute atomic E-state index is 0.103. The molecule has 7 nitrogen and oxygen atoms in total. The van der Waals surface area contributed by atoms with Crippen LogP contribution in [0.2, 0.25) is 0 Å². The summed E-state index contributed by atoms with van der Waals surface area (Å²) in [6, 6.07) is 4.94. The van der Waals surface area contributed by atoms with Crippen LogP contribution < -0.4 is 10.2 Å². The predicted octanol–water partition coefficient (Wildman–Crippen LogP) is 1.48. The standard InChI is InChI=1S/C20H22FN5O2/c21-14-2-1-13-11-22-19(23-16(13)9-14)25-6-3-15(4-7-25)26-8-5-20(12-26)10-17(27)24-18(20)28/h1-2,9,11,15H,3-8,10,12H2,(H,24,27,28)/t20-/m1/s1. The van der Waals surface area contributed by atoms with E-state index in [1.54, 1.807) is 12.3 Å². The summed E-state index contributed by atoms with van der Waals surface area (Å²) in [5.74, 6) is 0.0873.